The lowest BCUT2D eigenvalue weighted by Crippen LogP contribution is -2.25. The second-order valence-electron chi connectivity index (χ2n) is 5.15. The van der Waals surface area contributed by atoms with Crippen molar-refractivity contribution in [1.29, 1.82) is 0 Å². The zero-order valence-electron chi connectivity index (χ0n) is 10.2. The summed E-state index contributed by atoms with van der Waals surface area (Å²) >= 11 is 0. The highest BCUT2D eigenvalue weighted by Crippen LogP contribution is 2.33. The van der Waals surface area contributed by atoms with Crippen LogP contribution in [0.5, 0.6) is 0 Å². The zero-order valence-corrected chi connectivity index (χ0v) is 10.2. The molecule has 4 nitrogen and oxygen atoms in total. The minimum absolute atomic E-state index is 0.0484. The van der Waals surface area contributed by atoms with Crippen LogP contribution in [0.3, 0.4) is 0 Å². The Hall–Kier alpha value is -1.39. The van der Waals surface area contributed by atoms with Crippen LogP contribution in [0.1, 0.15) is 36.5 Å². The Bertz CT molecular complexity index is 486. The fraction of sp³-hybridized carbons (Fsp3) is 0.500. The van der Waals surface area contributed by atoms with Crippen molar-refractivity contribution in [2.24, 2.45) is 0 Å². The summed E-state index contributed by atoms with van der Waals surface area (Å²) in [6.45, 7) is 0.355. The molecule has 0 bridgehead atoms. The lowest BCUT2D eigenvalue weighted by molar-refractivity contribution is -0.117. The number of carbonyl (C=O) groups excluding carboxylic acids is 1. The van der Waals surface area contributed by atoms with E-state index in [4.69, 9.17) is 0 Å². The van der Waals surface area contributed by atoms with E-state index in [2.05, 4.69) is 0 Å². The summed E-state index contributed by atoms with van der Waals surface area (Å²) in [5.74, 6) is -0.0484. The Morgan fingerprint density at radius 2 is 2.11 bits per heavy atom. The first-order chi connectivity index (χ1) is 8.65. The van der Waals surface area contributed by atoms with E-state index in [1.54, 1.807) is 4.90 Å². The molecule has 2 N–H and O–H groups in total. The standard InChI is InChI=1S/C14H17NO3/c16-11-7-14(18)15(8-11)10-5-4-9-2-1-3-13(17)12(9)6-10/h4-6,11,13,16-17H,1-3,7-8H2. The maximum Gasteiger partial charge on any atom is 0.229 e. The fourth-order valence-corrected chi connectivity index (χ4v) is 2.87. The van der Waals surface area contributed by atoms with Crippen LogP contribution in [0.4, 0.5) is 5.69 Å². The summed E-state index contributed by atoms with van der Waals surface area (Å²) in [7, 11) is 0. The first kappa shape index (κ1) is 11.7. The molecule has 1 saturated heterocycles. The van der Waals surface area contributed by atoms with E-state index in [0.717, 1.165) is 30.5 Å². The first-order valence-electron chi connectivity index (χ1n) is 6.44. The van der Waals surface area contributed by atoms with E-state index in [-0.39, 0.29) is 12.3 Å². The average Bonchev–Trinajstić information content (AvgIpc) is 2.69. The second kappa shape index (κ2) is 4.37. The normalized spacial score (nSPS) is 27.4. The van der Waals surface area contributed by atoms with Crippen LogP contribution in [0.25, 0.3) is 0 Å². The van der Waals surface area contributed by atoms with Crippen LogP contribution < -0.4 is 4.90 Å². The zero-order chi connectivity index (χ0) is 12.7. The number of hydrogen-bond donors (Lipinski definition) is 2. The van der Waals surface area contributed by atoms with E-state index in [0.29, 0.717) is 6.54 Å². The van der Waals surface area contributed by atoms with Crippen molar-refractivity contribution in [3.05, 3.63) is 29.3 Å². The van der Waals surface area contributed by atoms with Crippen molar-refractivity contribution in [1.82, 2.24) is 0 Å². The van der Waals surface area contributed by atoms with Gasteiger partial charge in [-0.15, -0.1) is 0 Å². The molecule has 1 amide bonds. The number of hydrogen-bond acceptors (Lipinski definition) is 3. The molecule has 1 heterocycles. The van der Waals surface area contributed by atoms with Crippen molar-refractivity contribution < 1.29 is 15.0 Å². The number of rotatable bonds is 1. The molecule has 0 radical (unpaired) electrons. The SMILES string of the molecule is O=C1CC(O)CN1c1ccc2c(c1)C(O)CCC2. The molecule has 1 fully saturated rings. The van der Waals surface area contributed by atoms with Crippen LogP contribution in [0.15, 0.2) is 18.2 Å². The molecule has 1 aliphatic carbocycles. The molecule has 2 aliphatic rings. The Balaban J connectivity index is 1.94. The molecule has 0 saturated carbocycles. The van der Waals surface area contributed by atoms with Gasteiger partial charge in [-0.1, -0.05) is 6.07 Å². The van der Waals surface area contributed by atoms with Crippen LogP contribution >= 0.6 is 0 Å². The van der Waals surface area contributed by atoms with Crippen molar-refractivity contribution in [2.45, 2.75) is 37.9 Å². The van der Waals surface area contributed by atoms with Crippen LogP contribution in [0, 0.1) is 0 Å². The average molecular weight is 247 g/mol. The molecule has 2 unspecified atom stereocenters. The number of β-amino-alcohol motifs (C(OH)–C–C–N with tert-alkyl or cyclic N) is 1. The third-order valence-electron chi connectivity index (χ3n) is 3.83. The van der Waals surface area contributed by atoms with Crippen LogP contribution in [0.2, 0.25) is 0 Å². The summed E-state index contributed by atoms with van der Waals surface area (Å²) in [6, 6.07) is 5.80. The number of carbonyl (C=O) groups is 1. The molecule has 1 aromatic carbocycles. The van der Waals surface area contributed by atoms with E-state index < -0.39 is 12.2 Å². The highest BCUT2D eigenvalue weighted by atomic mass is 16.3. The summed E-state index contributed by atoms with van der Waals surface area (Å²) in [5.41, 5.74) is 2.90. The fourth-order valence-electron chi connectivity index (χ4n) is 2.87. The molecule has 3 rings (SSSR count). The molecule has 0 spiro atoms. The summed E-state index contributed by atoms with van der Waals surface area (Å²) in [6.07, 6.45) is 1.99. The minimum atomic E-state index is -0.571. The predicted octanol–water partition coefficient (Wildman–Crippen LogP) is 1.15. The van der Waals surface area contributed by atoms with Gasteiger partial charge in [0.1, 0.15) is 0 Å². The van der Waals surface area contributed by atoms with Gasteiger partial charge in [-0.05, 0) is 42.5 Å². The topological polar surface area (TPSA) is 60.8 Å². The third-order valence-corrected chi connectivity index (χ3v) is 3.83. The maximum atomic E-state index is 11.7. The van der Waals surface area contributed by atoms with Gasteiger partial charge in [0.2, 0.25) is 5.91 Å². The number of amides is 1. The van der Waals surface area contributed by atoms with E-state index in [1.165, 1.54) is 5.56 Å². The number of aliphatic hydroxyl groups excluding tert-OH is 2. The molecule has 18 heavy (non-hydrogen) atoms. The molecule has 96 valence electrons. The van der Waals surface area contributed by atoms with Crippen molar-refractivity contribution >= 4 is 11.6 Å². The molecule has 4 heteroatoms. The van der Waals surface area contributed by atoms with Crippen LogP contribution in [-0.2, 0) is 11.2 Å². The number of anilines is 1. The van der Waals surface area contributed by atoms with Gasteiger partial charge in [-0.3, -0.25) is 4.79 Å². The van der Waals surface area contributed by atoms with Gasteiger partial charge in [0.15, 0.2) is 0 Å². The lowest BCUT2D eigenvalue weighted by Gasteiger charge is -2.24. The van der Waals surface area contributed by atoms with Gasteiger partial charge in [-0.2, -0.15) is 0 Å². The van der Waals surface area contributed by atoms with Gasteiger partial charge in [-0.25, -0.2) is 0 Å². The molecular weight excluding hydrogens is 230 g/mol. The molecule has 0 aromatic heterocycles. The van der Waals surface area contributed by atoms with Gasteiger partial charge in [0.25, 0.3) is 0 Å². The number of aryl methyl sites for hydroxylation is 1. The number of fused-ring (bicyclic) bond motifs is 1. The number of aliphatic hydroxyl groups is 2. The van der Waals surface area contributed by atoms with Crippen molar-refractivity contribution in [3.63, 3.8) is 0 Å². The summed E-state index contributed by atoms with van der Waals surface area (Å²) in [5, 5.41) is 19.5. The van der Waals surface area contributed by atoms with Gasteiger partial charge < -0.3 is 15.1 Å². The first-order valence-corrected chi connectivity index (χ1v) is 6.44. The van der Waals surface area contributed by atoms with Gasteiger partial charge in [0.05, 0.1) is 25.2 Å². The van der Waals surface area contributed by atoms with Gasteiger partial charge in [0, 0.05) is 5.69 Å². The lowest BCUT2D eigenvalue weighted by atomic mass is 9.89. The van der Waals surface area contributed by atoms with E-state index in [1.807, 2.05) is 18.2 Å². The molecule has 2 atom stereocenters. The van der Waals surface area contributed by atoms with Crippen LogP contribution in [-0.4, -0.2) is 28.8 Å². The highest BCUT2D eigenvalue weighted by Gasteiger charge is 2.30. The largest absolute Gasteiger partial charge is 0.391 e. The molecular formula is C14H17NO3. The molecule has 1 aromatic rings. The monoisotopic (exact) mass is 247 g/mol. The quantitative estimate of drug-likeness (QED) is 0.782. The predicted molar refractivity (Wildman–Crippen MR) is 67.3 cm³/mol. The summed E-state index contributed by atoms with van der Waals surface area (Å²) < 4.78 is 0. The smallest absolute Gasteiger partial charge is 0.229 e. The van der Waals surface area contributed by atoms with Gasteiger partial charge >= 0.3 is 0 Å². The van der Waals surface area contributed by atoms with Crippen molar-refractivity contribution in [3.8, 4) is 0 Å². The third kappa shape index (κ3) is 1.91. The number of benzene rings is 1. The van der Waals surface area contributed by atoms with E-state index >= 15 is 0 Å². The second-order valence-corrected chi connectivity index (χ2v) is 5.15. The Labute approximate surface area is 106 Å². The Kier molecular flexibility index (Phi) is 2.84. The van der Waals surface area contributed by atoms with Crippen molar-refractivity contribution in [2.75, 3.05) is 11.4 Å². The van der Waals surface area contributed by atoms with E-state index in [9.17, 15) is 15.0 Å². The Morgan fingerprint density at radius 3 is 2.83 bits per heavy atom. The highest BCUT2D eigenvalue weighted by molar-refractivity contribution is 5.96. The number of nitrogens with zero attached hydrogens (tertiary/aromatic N) is 1. The minimum Gasteiger partial charge on any atom is -0.391 e. The maximum absolute atomic E-state index is 11.7. The molecule has 1 aliphatic heterocycles. The Morgan fingerprint density at radius 1 is 1.28 bits per heavy atom. The summed E-state index contributed by atoms with van der Waals surface area (Å²) in [4.78, 5) is 13.3.